The van der Waals surface area contributed by atoms with E-state index >= 15 is 0 Å². The number of halogens is 1. The predicted octanol–water partition coefficient (Wildman–Crippen LogP) is 3.55. The minimum Gasteiger partial charge on any atom is -0.339 e. The number of amides is 1. The first-order valence-electron chi connectivity index (χ1n) is 7.12. The minimum atomic E-state index is 0.254. The quantitative estimate of drug-likeness (QED) is 0.729. The third-order valence-electron chi connectivity index (χ3n) is 3.97. The van der Waals surface area contributed by atoms with Crippen molar-refractivity contribution < 1.29 is 4.79 Å². The molecule has 1 aliphatic rings. The summed E-state index contributed by atoms with van der Waals surface area (Å²) < 4.78 is 0. The fourth-order valence-corrected chi connectivity index (χ4v) is 2.63. The van der Waals surface area contributed by atoms with E-state index in [2.05, 4.69) is 17.9 Å². The Morgan fingerprint density at radius 2 is 2.11 bits per heavy atom. The molecule has 0 radical (unpaired) electrons. The highest BCUT2D eigenvalue weighted by atomic mass is 35.5. The van der Waals surface area contributed by atoms with Crippen LogP contribution in [-0.2, 0) is 11.2 Å². The Kier molecular flexibility index (Phi) is 5.26. The van der Waals surface area contributed by atoms with Crippen molar-refractivity contribution in [2.45, 2.75) is 45.1 Å². The molecule has 1 saturated carbocycles. The Labute approximate surface area is 120 Å². The van der Waals surface area contributed by atoms with E-state index in [0.29, 0.717) is 18.3 Å². The van der Waals surface area contributed by atoms with Gasteiger partial charge in [0.05, 0.1) is 6.42 Å². The van der Waals surface area contributed by atoms with E-state index in [-0.39, 0.29) is 5.91 Å². The first-order chi connectivity index (χ1) is 9.22. The van der Waals surface area contributed by atoms with E-state index in [9.17, 15) is 4.79 Å². The molecule has 0 aromatic heterocycles. The summed E-state index contributed by atoms with van der Waals surface area (Å²) in [7, 11) is 0. The predicted molar refractivity (Wildman–Crippen MR) is 79.6 cm³/mol. The maximum atomic E-state index is 12.5. The molecule has 1 aromatic rings. The summed E-state index contributed by atoms with van der Waals surface area (Å²) in [6, 6.07) is 8.59. The van der Waals surface area contributed by atoms with Crippen LogP contribution >= 0.6 is 11.6 Å². The second kappa shape index (κ2) is 6.95. The lowest BCUT2D eigenvalue weighted by Gasteiger charge is -2.37. The maximum Gasteiger partial charge on any atom is 0.227 e. The number of aryl methyl sites for hydroxylation is 1. The summed E-state index contributed by atoms with van der Waals surface area (Å²) in [5.74, 6) is 0.880. The van der Waals surface area contributed by atoms with E-state index < -0.39 is 0 Å². The lowest BCUT2D eigenvalue weighted by molar-refractivity contribution is -0.134. The van der Waals surface area contributed by atoms with Gasteiger partial charge in [-0.3, -0.25) is 4.79 Å². The van der Waals surface area contributed by atoms with Crippen LogP contribution in [0, 0.1) is 6.92 Å². The Balaban J connectivity index is 2.00. The second-order valence-corrected chi connectivity index (χ2v) is 5.70. The molecule has 0 bridgehead atoms. The van der Waals surface area contributed by atoms with Gasteiger partial charge in [0, 0.05) is 18.5 Å². The van der Waals surface area contributed by atoms with Gasteiger partial charge in [-0.25, -0.2) is 0 Å². The largest absolute Gasteiger partial charge is 0.339 e. The maximum absolute atomic E-state index is 12.5. The molecule has 0 heterocycles. The van der Waals surface area contributed by atoms with Crippen molar-refractivity contribution in [1.82, 2.24) is 4.90 Å². The monoisotopic (exact) mass is 279 g/mol. The lowest BCUT2D eigenvalue weighted by atomic mass is 9.90. The molecule has 0 aliphatic heterocycles. The fraction of sp³-hybridized carbons (Fsp3) is 0.562. The molecule has 0 N–H and O–H groups in total. The molecule has 1 fully saturated rings. The number of carbonyl (C=O) groups excluding carboxylic acids is 1. The van der Waals surface area contributed by atoms with Crippen molar-refractivity contribution in [1.29, 1.82) is 0 Å². The molecule has 0 unspecified atom stereocenters. The topological polar surface area (TPSA) is 20.3 Å². The summed E-state index contributed by atoms with van der Waals surface area (Å²) in [6.07, 6.45) is 4.96. The molecular formula is C16H22ClNO. The fourth-order valence-electron chi connectivity index (χ4n) is 2.51. The number of hydrogen-bond acceptors (Lipinski definition) is 1. The van der Waals surface area contributed by atoms with E-state index in [0.717, 1.165) is 31.4 Å². The molecule has 1 aliphatic carbocycles. The van der Waals surface area contributed by atoms with Gasteiger partial charge in [0.25, 0.3) is 0 Å². The van der Waals surface area contributed by atoms with E-state index in [4.69, 9.17) is 11.6 Å². The highest BCUT2D eigenvalue weighted by molar-refractivity contribution is 6.17. The molecule has 0 saturated heterocycles. The molecular weight excluding hydrogens is 258 g/mol. The van der Waals surface area contributed by atoms with Crippen molar-refractivity contribution in [3.05, 3.63) is 35.4 Å². The zero-order valence-corrected chi connectivity index (χ0v) is 12.3. The molecule has 2 rings (SSSR count). The Morgan fingerprint density at radius 3 is 2.68 bits per heavy atom. The van der Waals surface area contributed by atoms with Crippen LogP contribution in [0.25, 0.3) is 0 Å². The Bertz CT molecular complexity index is 429. The Hall–Kier alpha value is -1.02. The van der Waals surface area contributed by atoms with Gasteiger partial charge in [0.1, 0.15) is 0 Å². The number of nitrogens with zero attached hydrogens (tertiary/aromatic N) is 1. The van der Waals surface area contributed by atoms with Gasteiger partial charge >= 0.3 is 0 Å². The highest BCUT2D eigenvalue weighted by Crippen LogP contribution is 2.26. The third kappa shape index (κ3) is 3.73. The van der Waals surface area contributed by atoms with Gasteiger partial charge in [0.2, 0.25) is 5.91 Å². The van der Waals surface area contributed by atoms with Crippen LogP contribution in [0.5, 0.6) is 0 Å². The van der Waals surface area contributed by atoms with Crippen molar-refractivity contribution in [2.24, 2.45) is 0 Å². The standard InChI is InChI=1S/C16H22ClNO/c1-13-6-2-3-7-14(13)12-16(19)18(11-5-10-17)15-8-4-9-15/h2-3,6-7,15H,4-5,8-12H2,1H3. The van der Waals surface area contributed by atoms with E-state index in [1.54, 1.807) is 0 Å². The van der Waals surface area contributed by atoms with Gasteiger partial charge in [0.15, 0.2) is 0 Å². The van der Waals surface area contributed by atoms with Gasteiger partial charge < -0.3 is 4.90 Å². The Morgan fingerprint density at radius 1 is 1.37 bits per heavy atom. The zero-order valence-electron chi connectivity index (χ0n) is 11.6. The van der Waals surface area contributed by atoms with Gasteiger partial charge in [-0.2, -0.15) is 0 Å². The molecule has 0 spiro atoms. The number of hydrogen-bond donors (Lipinski definition) is 0. The summed E-state index contributed by atoms with van der Waals surface area (Å²) in [5.41, 5.74) is 2.34. The normalized spacial score (nSPS) is 15.1. The first kappa shape index (κ1) is 14.4. The molecule has 0 atom stereocenters. The van der Waals surface area contributed by atoms with Gasteiger partial charge in [-0.05, 0) is 43.7 Å². The number of alkyl halides is 1. The lowest BCUT2D eigenvalue weighted by Crippen LogP contribution is -2.45. The van der Waals surface area contributed by atoms with Crippen LogP contribution in [0.2, 0.25) is 0 Å². The molecule has 1 amide bonds. The molecule has 19 heavy (non-hydrogen) atoms. The summed E-state index contributed by atoms with van der Waals surface area (Å²) >= 11 is 5.76. The summed E-state index contributed by atoms with van der Waals surface area (Å²) in [4.78, 5) is 14.5. The van der Waals surface area contributed by atoms with E-state index in [1.165, 1.54) is 12.0 Å². The van der Waals surface area contributed by atoms with Crippen molar-refractivity contribution in [3.63, 3.8) is 0 Å². The van der Waals surface area contributed by atoms with E-state index in [1.807, 2.05) is 18.2 Å². The van der Waals surface area contributed by atoms with Gasteiger partial charge in [-0.15, -0.1) is 11.6 Å². The van der Waals surface area contributed by atoms with Crippen LogP contribution in [0.1, 0.15) is 36.8 Å². The van der Waals surface area contributed by atoms with Crippen molar-refractivity contribution >= 4 is 17.5 Å². The first-order valence-corrected chi connectivity index (χ1v) is 7.65. The molecule has 104 valence electrons. The molecule has 2 nitrogen and oxygen atoms in total. The highest BCUT2D eigenvalue weighted by Gasteiger charge is 2.28. The van der Waals surface area contributed by atoms with Crippen LogP contribution in [0.3, 0.4) is 0 Å². The number of benzene rings is 1. The summed E-state index contributed by atoms with van der Waals surface area (Å²) in [6.45, 7) is 2.87. The van der Waals surface area contributed by atoms with Gasteiger partial charge in [-0.1, -0.05) is 24.3 Å². The summed E-state index contributed by atoms with van der Waals surface area (Å²) in [5, 5.41) is 0. The van der Waals surface area contributed by atoms with Crippen LogP contribution in [0.4, 0.5) is 0 Å². The minimum absolute atomic E-state index is 0.254. The van der Waals surface area contributed by atoms with Crippen LogP contribution in [0.15, 0.2) is 24.3 Å². The number of carbonyl (C=O) groups is 1. The van der Waals surface area contributed by atoms with Crippen molar-refractivity contribution in [3.8, 4) is 0 Å². The SMILES string of the molecule is Cc1ccccc1CC(=O)N(CCCCl)C1CCC1. The molecule has 1 aromatic carbocycles. The molecule has 3 heteroatoms. The second-order valence-electron chi connectivity index (χ2n) is 5.32. The van der Waals surface area contributed by atoms with Crippen LogP contribution in [-0.4, -0.2) is 29.3 Å². The average Bonchev–Trinajstić information content (AvgIpc) is 2.34. The van der Waals surface area contributed by atoms with Crippen molar-refractivity contribution in [2.75, 3.05) is 12.4 Å². The smallest absolute Gasteiger partial charge is 0.227 e. The average molecular weight is 280 g/mol. The zero-order chi connectivity index (χ0) is 13.7. The third-order valence-corrected chi connectivity index (χ3v) is 4.24. The number of rotatable bonds is 6. The van der Waals surface area contributed by atoms with Crippen LogP contribution < -0.4 is 0 Å².